The molecule has 0 radical (unpaired) electrons. The third-order valence-corrected chi connectivity index (χ3v) is 6.57. The molecule has 2 aromatic carbocycles. The lowest BCUT2D eigenvalue weighted by Gasteiger charge is -2.49. The fraction of sp³-hybridized carbons (Fsp3) is 0.478. The van der Waals surface area contributed by atoms with E-state index in [0.717, 1.165) is 41.5 Å². The molecule has 0 heterocycles. The number of rotatable bonds is 2. The number of halogens is 2. The first-order valence-electron chi connectivity index (χ1n) is 9.44. The molecule has 1 atom stereocenters. The monoisotopic (exact) mass is 406 g/mol. The predicted molar refractivity (Wildman–Crippen MR) is 113 cm³/mol. The highest BCUT2D eigenvalue weighted by Gasteiger charge is 2.45. The maximum absolute atomic E-state index is 10.2. The third-order valence-electron chi connectivity index (χ3n) is 5.99. The number of hydrogen-bond acceptors (Lipinski definition) is 2. The molecule has 27 heavy (non-hydrogen) atoms. The zero-order valence-corrected chi connectivity index (χ0v) is 18.2. The first kappa shape index (κ1) is 20.4. The van der Waals surface area contributed by atoms with Gasteiger partial charge in [0.05, 0.1) is 10.0 Å². The lowest BCUT2D eigenvalue weighted by Crippen LogP contribution is -2.41. The molecule has 1 fully saturated rings. The maximum Gasteiger partial charge on any atom is 0.137 e. The number of aromatic hydroxyl groups is 2. The van der Waals surface area contributed by atoms with Crippen molar-refractivity contribution in [3.05, 3.63) is 56.6 Å². The summed E-state index contributed by atoms with van der Waals surface area (Å²) in [5, 5.41) is 21.1. The van der Waals surface area contributed by atoms with Gasteiger partial charge in [0, 0.05) is 5.41 Å². The summed E-state index contributed by atoms with van der Waals surface area (Å²) in [7, 11) is 0. The number of phenols is 2. The number of aryl methyl sites for hydroxylation is 2. The van der Waals surface area contributed by atoms with Gasteiger partial charge in [0.1, 0.15) is 11.5 Å². The molecular weight excluding hydrogens is 379 g/mol. The van der Waals surface area contributed by atoms with Gasteiger partial charge in [-0.05, 0) is 78.8 Å². The van der Waals surface area contributed by atoms with Crippen molar-refractivity contribution in [2.24, 2.45) is 11.3 Å². The fourth-order valence-corrected chi connectivity index (χ4v) is 5.74. The van der Waals surface area contributed by atoms with Crippen LogP contribution in [0.4, 0.5) is 0 Å². The summed E-state index contributed by atoms with van der Waals surface area (Å²) in [5.74, 6) is 0.798. The molecule has 0 amide bonds. The molecule has 0 saturated heterocycles. The van der Waals surface area contributed by atoms with Crippen LogP contribution >= 0.6 is 23.2 Å². The minimum atomic E-state index is -0.272. The number of phenolic OH excluding ortho intramolecular Hbond substituents is 2. The molecule has 2 N–H and O–H groups in total. The first-order chi connectivity index (χ1) is 12.4. The van der Waals surface area contributed by atoms with Gasteiger partial charge >= 0.3 is 0 Å². The minimum Gasteiger partial charge on any atom is -0.506 e. The van der Waals surface area contributed by atoms with Crippen molar-refractivity contribution >= 4 is 23.2 Å². The highest BCUT2D eigenvalue weighted by Crippen LogP contribution is 2.55. The van der Waals surface area contributed by atoms with Crippen LogP contribution in [0.2, 0.25) is 10.0 Å². The van der Waals surface area contributed by atoms with E-state index in [1.54, 1.807) is 0 Å². The zero-order chi connectivity index (χ0) is 20.1. The van der Waals surface area contributed by atoms with Crippen molar-refractivity contribution in [1.29, 1.82) is 0 Å². The van der Waals surface area contributed by atoms with Crippen LogP contribution in [-0.4, -0.2) is 10.2 Å². The van der Waals surface area contributed by atoms with E-state index in [9.17, 15) is 10.2 Å². The van der Waals surface area contributed by atoms with Crippen molar-refractivity contribution in [2.45, 2.75) is 59.3 Å². The van der Waals surface area contributed by atoms with Crippen LogP contribution in [0.3, 0.4) is 0 Å². The molecule has 4 heteroatoms. The predicted octanol–water partition coefficient (Wildman–Crippen LogP) is 7.15. The second kappa shape index (κ2) is 6.90. The van der Waals surface area contributed by atoms with Crippen LogP contribution < -0.4 is 0 Å². The van der Waals surface area contributed by atoms with Crippen LogP contribution in [0.15, 0.2) is 24.3 Å². The van der Waals surface area contributed by atoms with Crippen LogP contribution in [-0.2, 0) is 5.41 Å². The number of hydrogen-bond donors (Lipinski definition) is 2. The van der Waals surface area contributed by atoms with E-state index in [1.807, 2.05) is 38.1 Å². The second-order valence-corrected chi connectivity index (χ2v) is 10.00. The molecule has 0 aliphatic heterocycles. The Balaban J connectivity index is 2.31. The lowest BCUT2D eigenvalue weighted by atomic mass is 9.55. The van der Waals surface area contributed by atoms with E-state index in [-0.39, 0.29) is 22.3 Å². The van der Waals surface area contributed by atoms with Gasteiger partial charge in [-0.25, -0.2) is 0 Å². The van der Waals surface area contributed by atoms with Gasteiger partial charge in [0.2, 0.25) is 0 Å². The largest absolute Gasteiger partial charge is 0.506 e. The molecule has 0 spiro atoms. The Kier molecular flexibility index (Phi) is 5.20. The van der Waals surface area contributed by atoms with Crippen molar-refractivity contribution in [1.82, 2.24) is 0 Å². The van der Waals surface area contributed by atoms with Crippen LogP contribution in [0, 0.1) is 25.2 Å². The summed E-state index contributed by atoms with van der Waals surface area (Å²) < 4.78 is 0. The molecule has 1 unspecified atom stereocenters. The van der Waals surface area contributed by atoms with Gasteiger partial charge < -0.3 is 10.2 Å². The standard InChI is InChI=1S/C23H28Cl2O2/c1-13-10-22(4,5)12-23(11-13,16-6-14(2)20(26)18(24)8-16)17-7-15(3)21(27)19(25)9-17/h6-9,13,26-27H,10-12H2,1-5H3. The molecule has 0 bridgehead atoms. The molecule has 2 aromatic rings. The first-order valence-corrected chi connectivity index (χ1v) is 10.2. The van der Waals surface area contributed by atoms with Crippen LogP contribution in [0.25, 0.3) is 0 Å². The summed E-state index contributed by atoms with van der Waals surface area (Å²) >= 11 is 12.7. The Labute approximate surface area is 172 Å². The molecule has 1 aliphatic rings. The Morgan fingerprint density at radius 1 is 0.852 bits per heavy atom. The topological polar surface area (TPSA) is 40.5 Å². The smallest absolute Gasteiger partial charge is 0.137 e. The quantitative estimate of drug-likeness (QED) is 0.555. The van der Waals surface area contributed by atoms with Crippen LogP contribution in [0.1, 0.15) is 62.3 Å². The van der Waals surface area contributed by atoms with E-state index in [0.29, 0.717) is 16.0 Å². The van der Waals surface area contributed by atoms with E-state index < -0.39 is 0 Å². The average molecular weight is 407 g/mol. The van der Waals surface area contributed by atoms with E-state index >= 15 is 0 Å². The van der Waals surface area contributed by atoms with E-state index in [2.05, 4.69) is 20.8 Å². The molecule has 2 nitrogen and oxygen atoms in total. The summed E-state index contributed by atoms with van der Waals surface area (Å²) in [4.78, 5) is 0. The molecule has 1 saturated carbocycles. The Morgan fingerprint density at radius 2 is 1.30 bits per heavy atom. The highest BCUT2D eigenvalue weighted by molar-refractivity contribution is 6.32. The SMILES string of the molecule is Cc1cc(C2(c3cc(C)c(O)c(Cl)c3)CC(C)CC(C)(C)C2)cc(Cl)c1O. The van der Waals surface area contributed by atoms with Crippen molar-refractivity contribution in [3.8, 4) is 11.5 Å². The van der Waals surface area contributed by atoms with Crippen molar-refractivity contribution < 1.29 is 10.2 Å². The van der Waals surface area contributed by atoms with Crippen LogP contribution in [0.5, 0.6) is 11.5 Å². The normalized spacial score (nSPS) is 21.2. The molecular formula is C23H28Cl2O2. The van der Waals surface area contributed by atoms with Gasteiger partial charge in [-0.1, -0.05) is 56.1 Å². The summed E-state index contributed by atoms with van der Waals surface area (Å²) in [6, 6.07) is 7.89. The van der Waals surface area contributed by atoms with E-state index in [4.69, 9.17) is 23.2 Å². The van der Waals surface area contributed by atoms with Gasteiger partial charge in [0.15, 0.2) is 0 Å². The Hall–Kier alpha value is -1.38. The van der Waals surface area contributed by atoms with E-state index in [1.165, 1.54) is 0 Å². The van der Waals surface area contributed by atoms with Gasteiger partial charge in [-0.15, -0.1) is 0 Å². The second-order valence-electron chi connectivity index (χ2n) is 9.18. The molecule has 0 aromatic heterocycles. The fourth-order valence-electron chi connectivity index (χ4n) is 5.20. The average Bonchev–Trinajstić information content (AvgIpc) is 2.54. The lowest BCUT2D eigenvalue weighted by molar-refractivity contribution is 0.126. The molecule has 1 aliphatic carbocycles. The summed E-state index contributed by atoms with van der Waals surface area (Å²) in [6.07, 6.45) is 3.08. The zero-order valence-electron chi connectivity index (χ0n) is 16.7. The van der Waals surface area contributed by atoms with Gasteiger partial charge in [-0.2, -0.15) is 0 Å². The Bertz CT molecular complexity index is 782. The number of benzene rings is 2. The third kappa shape index (κ3) is 3.67. The van der Waals surface area contributed by atoms with Crippen molar-refractivity contribution in [3.63, 3.8) is 0 Å². The Morgan fingerprint density at radius 3 is 1.67 bits per heavy atom. The van der Waals surface area contributed by atoms with Gasteiger partial charge in [-0.3, -0.25) is 0 Å². The summed E-state index contributed by atoms with van der Waals surface area (Å²) in [6.45, 7) is 10.7. The summed E-state index contributed by atoms with van der Waals surface area (Å²) in [5.41, 5.74) is 3.62. The minimum absolute atomic E-state index is 0.138. The highest BCUT2D eigenvalue weighted by atomic mass is 35.5. The maximum atomic E-state index is 10.2. The van der Waals surface area contributed by atoms with Gasteiger partial charge in [0.25, 0.3) is 0 Å². The molecule has 3 rings (SSSR count). The molecule has 146 valence electrons. The van der Waals surface area contributed by atoms with Crippen molar-refractivity contribution in [2.75, 3.05) is 0 Å².